The summed E-state index contributed by atoms with van der Waals surface area (Å²) in [5.41, 5.74) is 0. The molecule has 0 spiro atoms. The minimum atomic E-state index is -1.32. The van der Waals surface area contributed by atoms with Crippen molar-refractivity contribution in [3.63, 3.8) is 0 Å². The van der Waals surface area contributed by atoms with Crippen LogP contribution in [0.2, 0.25) is 18.9 Å². The molecule has 0 aromatic carbocycles. The summed E-state index contributed by atoms with van der Waals surface area (Å²) >= 11 is -1.32. The zero-order chi connectivity index (χ0) is 10.2. The van der Waals surface area contributed by atoms with E-state index < -0.39 is 16.6 Å². The second-order valence-corrected chi connectivity index (χ2v) is 12.3. The second kappa shape index (κ2) is 8.06. The first-order chi connectivity index (χ1) is 6.24. The van der Waals surface area contributed by atoms with Gasteiger partial charge in [-0.05, 0) is 0 Å². The van der Waals surface area contributed by atoms with E-state index in [2.05, 4.69) is 27.7 Å². The maximum atomic E-state index is 2.38. The zero-order valence-corrected chi connectivity index (χ0v) is 11.7. The average molecular weight is 220 g/mol. The Hall–Kier alpha value is 0.714. The fourth-order valence-corrected chi connectivity index (χ4v) is 11.8. The van der Waals surface area contributed by atoms with Gasteiger partial charge in [0.15, 0.2) is 0 Å². The van der Waals surface area contributed by atoms with Crippen molar-refractivity contribution < 1.29 is 16.6 Å². The summed E-state index contributed by atoms with van der Waals surface area (Å²) in [7, 11) is 0. The summed E-state index contributed by atoms with van der Waals surface area (Å²) in [6, 6.07) is 0. The molecular formula is C12H28Ti. The van der Waals surface area contributed by atoms with Gasteiger partial charge in [-0.25, -0.2) is 0 Å². The van der Waals surface area contributed by atoms with Crippen LogP contribution in [0.1, 0.15) is 53.4 Å². The standard InChI is InChI=1S/4C3H7.Ti/c4*1-3-2;/h4*1,3H2,2H3;. The van der Waals surface area contributed by atoms with Gasteiger partial charge in [0.25, 0.3) is 0 Å². The van der Waals surface area contributed by atoms with Gasteiger partial charge < -0.3 is 0 Å². The zero-order valence-electron chi connectivity index (χ0n) is 10.2. The van der Waals surface area contributed by atoms with Crippen LogP contribution in [0, 0.1) is 0 Å². The molecule has 0 rings (SSSR count). The molecule has 0 N–H and O–H groups in total. The molecule has 80 valence electrons. The Morgan fingerprint density at radius 2 is 0.769 bits per heavy atom. The van der Waals surface area contributed by atoms with Crippen LogP contribution < -0.4 is 0 Å². The van der Waals surface area contributed by atoms with Crippen molar-refractivity contribution in [2.24, 2.45) is 0 Å². The van der Waals surface area contributed by atoms with Gasteiger partial charge in [-0.1, -0.05) is 0 Å². The molecule has 0 nitrogen and oxygen atoms in total. The molecule has 0 unspecified atom stereocenters. The van der Waals surface area contributed by atoms with Gasteiger partial charge in [0, 0.05) is 0 Å². The third-order valence-electron chi connectivity index (χ3n) is 3.12. The first kappa shape index (κ1) is 13.7. The molecule has 0 aliphatic heterocycles. The molecule has 0 heterocycles. The van der Waals surface area contributed by atoms with Gasteiger partial charge in [-0.3, -0.25) is 0 Å². The summed E-state index contributed by atoms with van der Waals surface area (Å²) in [4.78, 5) is 0. The molecule has 0 amide bonds. The predicted octanol–water partition coefficient (Wildman–Crippen LogP) is 5.45. The van der Waals surface area contributed by atoms with Gasteiger partial charge in [0.1, 0.15) is 0 Å². The predicted molar refractivity (Wildman–Crippen MR) is 60.4 cm³/mol. The van der Waals surface area contributed by atoms with E-state index in [1.165, 1.54) is 25.7 Å². The summed E-state index contributed by atoms with van der Waals surface area (Å²) in [5, 5.41) is 0. The fourth-order valence-electron chi connectivity index (χ4n) is 2.87. The van der Waals surface area contributed by atoms with Crippen LogP contribution in [0.25, 0.3) is 0 Å². The molecule has 0 fully saturated rings. The van der Waals surface area contributed by atoms with Crippen LogP contribution >= 0.6 is 0 Å². The van der Waals surface area contributed by atoms with E-state index in [1.54, 1.807) is 18.9 Å². The Labute approximate surface area is 88.9 Å². The molecule has 0 aliphatic rings. The van der Waals surface area contributed by atoms with Gasteiger partial charge >= 0.3 is 88.9 Å². The van der Waals surface area contributed by atoms with E-state index in [0.29, 0.717) is 0 Å². The fraction of sp³-hybridized carbons (Fsp3) is 1.00. The molecule has 0 saturated heterocycles. The number of hydrogen-bond acceptors (Lipinski definition) is 0. The van der Waals surface area contributed by atoms with Crippen LogP contribution in [0.5, 0.6) is 0 Å². The Kier molecular flexibility index (Phi) is 8.50. The Balaban J connectivity index is 4.19. The van der Waals surface area contributed by atoms with Crippen LogP contribution in [0.15, 0.2) is 0 Å². The summed E-state index contributed by atoms with van der Waals surface area (Å²) < 4.78 is 6.54. The van der Waals surface area contributed by atoms with Gasteiger partial charge in [-0.2, -0.15) is 0 Å². The van der Waals surface area contributed by atoms with E-state index in [0.717, 1.165) is 0 Å². The van der Waals surface area contributed by atoms with Crippen molar-refractivity contribution in [3.8, 4) is 0 Å². The van der Waals surface area contributed by atoms with E-state index in [4.69, 9.17) is 0 Å². The molecule has 1 heteroatoms. The second-order valence-electron chi connectivity index (χ2n) is 4.50. The summed E-state index contributed by atoms with van der Waals surface area (Å²) in [5.74, 6) is 0. The van der Waals surface area contributed by atoms with E-state index >= 15 is 0 Å². The maximum absolute atomic E-state index is 2.38. The topological polar surface area (TPSA) is 0 Å². The van der Waals surface area contributed by atoms with Crippen molar-refractivity contribution in [2.45, 2.75) is 72.3 Å². The normalized spacial score (nSPS) is 12.0. The molecule has 0 aromatic heterocycles. The van der Waals surface area contributed by atoms with Gasteiger partial charge in [-0.15, -0.1) is 0 Å². The van der Waals surface area contributed by atoms with Crippen molar-refractivity contribution >= 4 is 0 Å². The molecule has 0 radical (unpaired) electrons. The van der Waals surface area contributed by atoms with Gasteiger partial charge in [0.2, 0.25) is 0 Å². The molecule has 13 heavy (non-hydrogen) atoms. The van der Waals surface area contributed by atoms with Crippen LogP contribution in [0.4, 0.5) is 0 Å². The first-order valence-electron chi connectivity index (χ1n) is 6.24. The monoisotopic (exact) mass is 220 g/mol. The Morgan fingerprint density at radius 3 is 0.923 bits per heavy atom. The molecule has 0 bridgehead atoms. The SMILES string of the molecule is CC[CH2][Ti]([CH2]CC)([CH2]CC)[CH2]CC. The molecule has 0 saturated carbocycles. The van der Waals surface area contributed by atoms with E-state index in [-0.39, 0.29) is 0 Å². The van der Waals surface area contributed by atoms with Crippen molar-refractivity contribution in [1.29, 1.82) is 0 Å². The molecule has 0 aliphatic carbocycles. The van der Waals surface area contributed by atoms with E-state index in [1.807, 2.05) is 0 Å². The Bertz CT molecular complexity index is 80.2. The third-order valence-corrected chi connectivity index (χ3v) is 12.9. The quantitative estimate of drug-likeness (QED) is 0.477. The number of rotatable bonds is 8. The van der Waals surface area contributed by atoms with E-state index in [9.17, 15) is 0 Å². The average Bonchev–Trinajstić information content (AvgIpc) is 2.06. The van der Waals surface area contributed by atoms with Crippen LogP contribution in [-0.4, -0.2) is 0 Å². The van der Waals surface area contributed by atoms with Crippen molar-refractivity contribution in [3.05, 3.63) is 0 Å². The third kappa shape index (κ3) is 5.22. The molecule has 0 atom stereocenters. The molecule has 0 aromatic rings. The van der Waals surface area contributed by atoms with Crippen LogP contribution in [-0.2, 0) is 16.6 Å². The van der Waals surface area contributed by atoms with Gasteiger partial charge in [0.05, 0.1) is 0 Å². The summed E-state index contributed by atoms with van der Waals surface area (Å²) in [6.45, 7) is 9.50. The minimum absolute atomic E-state index is 1.32. The van der Waals surface area contributed by atoms with Crippen molar-refractivity contribution in [1.82, 2.24) is 0 Å². The van der Waals surface area contributed by atoms with Crippen molar-refractivity contribution in [2.75, 3.05) is 0 Å². The molecular weight excluding hydrogens is 192 g/mol. The first-order valence-corrected chi connectivity index (χ1v) is 10.7. The van der Waals surface area contributed by atoms with Crippen LogP contribution in [0.3, 0.4) is 0 Å². The Morgan fingerprint density at radius 1 is 0.538 bits per heavy atom. The number of hydrogen-bond donors (Lipinski definition) is 0. The summed E-state index contributed by atoms with van der Waals surface area (Å²) in [6.07, 6.45) is 5.78.